The van der Waals surface area contributed by atoms with Crippen molar-refractivity contribution < 1.29 is 9.90 Å². The van der Waals surface area contributed by atoms with Crippen LogP contribution in [-0.2, 0) is 6.54 Å². The van der Waals surface area contributed by atoms with Crippen LogP contribution in [0.15, 0.2) is 29.6 Å². The zero-order chi connectivity index (χ0) is 15.2. The predicted molar refractivity (Wildman–Crippen MR) is 85.4 cm³/mol. The van der Waals surface area contributed by atoms with Gasteiger partial charge in [0, 0.05) is 21.4 Å². The van der Waals surface area contributed by atoms with Gasteiger partial charge in [-0.15, -0.1) is 11.3 Å². The van der Waals surface area contributed by atoms with E-state index in [2.05, 4.69) is 17.2 Å². The highest BCUT2D eigenvalue weighted by Crippen LogP contribution is 2.15. The van der Waals surface area contributed by atoms with Crippen LogP contribution in [0.4, 0.5) is 0 Å². The van der Waals surface area contributed by atoms with Gasteiger partial charge in [0.25, 0.3) is 5.91 Å². The number of benzene rings is 1. The Hall–Kier alpha value is -2.09. The van der Waals surface area contributed by atoms with Gasteiger partial charge in [0.2, 0.25) is 0 Å². The van der Waals surface area contributed by atoms with Gasteiger partial charge in [0.15, 0.2) is 0 Å². The molecule has 3 nitrogen and oxygen atoms in total. The molecule has 0 spiro atoms. The van der Waals surface area contributed by atoms with E-state index in [0.717, 1.165) is 21.6 Å². The largest absolute Gasteiger partial charge is 0.384 e. The molecule has 1 aromatic heterocycles. The van der Waals surface area contributed by atoms with Crippen LogP contribution in [0.5, 0.6) is 0 Å². The topological polar surface area (TPSA) is 49.3 Å². The van der Waals surface area contributed by atoms with E-state index in [9.17, 15) is 4.79 Å². The summed E-state index contributed by atoms with van der Waals surface area (Å²) in [4.78, 5) is 13.2. The molecular formula is C17H17NO2S. The van der Waals surface area contributed by atoms with Crippen molar-refractivity contribution >= 4 is 17.2 Å². The molecule has 0 aliphatic carbocycles. The highest BCUT2D eigenvalue weighted by Gasteiger charge is 2.10. The van der Waals surface area contributed by atoms with Crippen molar-refractivity contribution in [1.82, 2.24) is 5.32 Å². The summed E-state index contributed by atoms with van der Waals surface area (Å²) in [6.07, 6.45) is 0. The van der Waals surface area contributed by atoms with Crippen molar-refractivity contribution in [2.75, 3.05) is 6.61 Å². The highest BCUT2D eigenvalue weighted by atomic mass is 32.1. The quantitative estimate of drug-likeness (QED) is 0.856. The van der Waals surface area contributed by atoms with E-state index in [0.29, 0.717) is 12.1 Å². The van der Waals surface area contributed by atoms with Gasteiger partial charge in [0.1, 0.15) is 6.61 Å². The van der Waals surface area contributed by atoms with Gasteiger partial charge in [-0.25, -0.2) is 0 Å². The Balaban J connectivity index is 2.01. The second-order valence-electron chi connectivity index (χ2n) is 4.69. The first kappa shape index (κ1) is 15.3. The molecule has 2 N–H and O–H groups in total. The molecule has 0 unspecified atom stereocenters. The van der Waals surface area contributed by atoms with Crippen LogP contribution in [-0.4, -0.2) is 17.6 Å². The maximum absolute atomic E-state index is 12.2. The Labute approximate surface area is 128 Å². The van der Waals surface area contributed by atoms with Crippen LogP contribution in [0.25, 0.3) is 0 Å². The molecule has 4 heteroatoms. The molecule has 21 heavy (non-hydrogen) atoms. The molecule has 2 aromatic rings. The number of nitrogens with one attached hydrogen (secondary N) is 1. The number of aryl methyl sites for hydroxylation is 1. The lowest BCUT2D eigenvalue weighted by atomic mass is 10.0. The van der Waals surface area contributed by atoms with Gasteiger partial charge in [-0.3, -0.25) is 4.79 Å². The second kappa shape index (κ2) is 7.07. The summed E-state index contributed by atoms with van der Waals surface area (Å²) >= 11 is 1.55. The molecule has 0 fully saturated rings. The van der Waals surface area contributed by atoms with Crippen molar-refractivity contribution in [2.45, 2.75) is 20.4 Å². The first-order valence-corrected chi connectivity index (χ1v) is 7.51. The van der Waals surface area contributed by atoms with Crippen molar-refractivity contribution in [3.63, 3.8) is 0 Å². The van der Waals surface area contributed by atoms with Gasteiger partial charge in [-0.1, -0.05) is 24.0 Å². The SMILES string of the molecule is Cc1cccc(C(=O)NCc2cc(C#CCO)cs2)c1C. The Bertz CT molecular complexity index is 707. The number of rotatable bonds is 3. The van der Waals surface area contributed by atoms with E-state index in [-0.39, 0.29) is 12.5 Å². The maximum Gasteiger partial charge on any atom is 0.251 e. The highest BCUT2D eigenvalue weighted by molar-refractivity contribution is 7.10. The average molecular weight is 299 g/mol. The molecule has 0 aliphatic rings. The molecule has 0 atom stereocenters. The van der Waals surface area contributed by atoms with E-state index in [1.165, 1.54) is 0 Å². The van der Waals surface area contributed by atoms with Crippen LogP contribution in [0.2, 0.25) is 0 Å². The zero-order valence-electron chi connectivity index (χ0n) is 12.1. The number of hydrogen-bond donors (Lipinski definition) is 2. The summed E-state index contributed by atoms with van der Waals surface area (Å²) in [5.74, 6) is 5.39. The molecular weight excluding hydrogens is 282 g/mol. The van der Waals surface area contributed by atoms with Crippen molar-refractivity contribution in [2.24, 2.45) is 0 Å². The van der Waals surface area contributed by atoms with Gasteiger partial charge in [-0.2, -0.15) is 0 Å². The zero-order valence-corrected chi connectivity index (χ0v) is 12.9. The summed E-state index contributed by atoms with van der Waals surface area (Å²) < 4.78 is 0. The number of thiophene rings is 1. The minimum Gasteiger partial charge on any atom is -0.384 e. The van der Waals surface area contributed by atoms with Crippen molar-refractivity contribution in [3.8, 4) is 11.8 Å². The summed E-state index contributed by atoms with van der Waals surface area (Å²) in [5, 5.41) is 13.5. The van der Waals surface area contributed by atoms with Crippen LogP contribution in [0, 0.1) is 25.7 Å². The number of aliphatic hydroxyl groups is 1. The molecule has 0 saturated heterocycles. The number of carbonyl (C=O) groups excluding carboxylic acids is 1. The molecule has 1 aromatic carbocycles. The van der Waals surface area contributed by atoms with E-state index in [1.807, 2.05) is 43.5 Å². The standard InChI is InChI=1S/C17H17NO2S/c1-12-5-3-7-16(13(12)2)17(20)18-10-15-9-14(11-21-15)6-4-8-19/h3,5,7,9,11,19H,8,10H2,1-2H3,(H,18,20). The third-order valence-corrected chi connectivity index (χ3v) is 4.17. The van der Waals surface area contributed by atoms with Crippen LogP contribution in [0.1, 0.15) is 31.9 Å². The summed E-state index contributed by atoms with van der Waals surface area (Å²) in [5.41, 5.74) is 3.70. The van der Waals surface area contributed by atoms with Crippen LogP contribution in [0.3, 0.4) is 0 Å². The number of carbonyl (C=O) groups is 1. The molecule has 1 heterocycles. The number of aliphatic hydroxyl groups excluding tert-OH is 1. The van der Waals surface area contributed by atoms with E-state index < -0.39 is 0 Å². The molecule has 1 amide bonds. The molecule has 0 radical (unpaired) electrons. The summed E-state index contributed by atoms with van der Waals surface area (Å²) in [6, 6.07) is 7.66. The molecule has 108 valence electrons. The second-order valence-corrected chi connectivity index (χ2v) is 5.69. The average Bonchev–Trinajstić information content (AvgIpc) is 2.93. The molecule has 2 rings (SSSR count). The van der Waals surface area contributed by atoms with Crippen molar-refractivity contribution in [3.05, 3.63) is 56.8 Å². The smallest absolute Gasteiger partial charge is 0.251 e. The Morgan fingerprint density at radius 3 is 2.95 bits per heavy atom. The monoisotopic (exact) mass is 299 g/mol. The third kappa shape index (κ3) is 3.94. The van der Waals surface area contributed by atoms with Gasteiger partial charge >= 0.3 is 0 Å². The van der Waals surface area contributed by atoms with Gasteiger partial charge < -0.3 is 10.4 Å². The summed E-state index contributed by atoms with van der Waals surface area (Å²) in [6.45, 7) is 4.29. The van der Waals surface area contributed by atoms with Gasteiger partial charge in [-0.05, 0) is 37.1 Å². The first-order valence-electron chi connectivity index (χ1n) is 6.63. The molecule has 0 saturated carbocycles. The van der Waals surface area contributed by atoms with E-state index in [4.69, 9.17) is 5.11 Å². The lowest BCUT2D eigenvalue weighted by Gasteiger charge is -2.08. The first-order chi connectivity index (χ1) is 10.1. The van der Waals surface area contributed by atoms with Crippen molar-refractivity contribution in [1.29, 1.82) is 0 Å². The number of amides is 1. The maximum atomic E-state index is 12.2. The Morgan fingerprint density at radius 1 is 1.38 bits per heavy atom. The fourth-order valence-corrected chi connectivity index (χ4v) is 2.70. The molecule has 0 bridgehead atoms. The van der Waals surface area contributed by atoms with Gasteiger partial charge in [0.05, 0.1) is 6.54 Å². The lowest BCUT2D eigenvalue weighted by Crippen LogP contribution is -2.23. The molecule has 0 aliphatic heterocycles. The minimum atomic E-state index is -0.144. The van der Waals surface area contributed by atoms with Crippen LogP contribution < -0.4 is 5.32 Å². The third-order valence-electron chi connectivity index (χ3n) is 3.24. The number of hydrogen-bond acceptors (Lipinski definition) is 3. The minimum absolute atomic E-state index is 0.0624. The normalized spacial score (nSPS) is 9.86. The van der Waals surface area contributed by atoms with Crippen LogP contribution >= 0.6 is 11.3 Å². The Kier molecular flexibility index (Phi) is 5.15. The Morgan fingerprint density at radius 2 is 2.19 bits per heavy atom. The fraction of sp³-hybridized carbons (Fsp3) is 0.235. The van der Waals surface area contributed by atoms with E-state index >= 15 is 0 Å². The summed E-state index contributed by atoms with van der Waals surface area (Å²) in [7, 11) is 0. The predicted octanol–water partition coefficient (Wildman–Crippen LogP) is 2.64. The fourth-order valence-electron chi connectivity index (χ4n) is 1.94. The lowest BCUT2D eigenvalue weighted by molar-refractivity contribution is 0.0950. The van der Waals surface area contributed by atoms with E-state index in [1.54, 1.807) is 11.3 Å².